The van der Waals surface area contributed by atoms with Gasteiger partial charge in [-0.05, 0) is 81.2 Å². The van der Waals surface area contributed by atoms with Crippen molar-refractivity contribution in [3.8, 4) is 67.5 Å². The fourth-order valence-corrected chi connectivity index (χ4v) is 10.2. The molecule has 3 heterocycles. The highest BCUT2D eigenvalue weighted by Crippen LogP contribution is 2.62. The first-order chi connectivity index (χ1) is 30.7. The second kappa shape index (κ2) is 13.4. The van der Waals surface area contributed by atoms with Crippen molar-refractivity contribution in [2.45, 2.75) is 5.41 Å². The van der Waals surface area contributed by atoms with Gasteiger partial charge >= 0.3 is 0 Å². The zero-order chi connectivity index (χ0) is 40.8. The lowest BCUT2D eigenvalue weighted by Gasteiger charge is -2.39. The summed E-state index contributed by atoms with van der Waals surface area (Å²) in [6.45, 7) is 0. The van der Waals surface area contributed by atoms with Crippen molar-refractivity contribution in [3.63, 3.8) is 0 Å². The Balaban J connectivity index is 1.01. The van der Waals surface area contributed by atoms with Crippen LogP contribution in [-0.2, 0) is 5.41 Å². The Hall–Kier alpha value is -8.21. The molecular weight excluding hydrogens is 755 g/mol. The number of aromatic nitrogens is 3. The fraction of sp³-hybridized carbons (Fsp3) is 0.0172. The van der Waals surface area contributed by atoms with Crippen LogP contribution in [0.15, 0.2) is 212 Å². The van der Waals surface area contributed by atoms with E-state index < -0.39 is 5.41 Å². The van der Waals surface area contributed by atoms with E-state index in [-0.39, 0.29) is 0 Å². The predicted octanol–water partition coefficient (Wildman–Crippen LogP) is 14.5. The first-order valence-electron chi connectivity index (χ1n) is 21.1. The molecule has 2 aliphatic rings. The first kappa shape index (κ1) is 34.6. The van der Waals surface area contributed by atoms with Gasteiger partial charge in [-0.25, -0.2) is 15.0 Å². The van der Waals surface area contributed by atoms with Crippen molar-refractivity contribution in [1.29, 1.82) is 0 Å². The molecule has 0 amide bonds. The number of benzene rings is 9. The van der Waals surface area contributed by atoms with Gasteiger partial charge in [-0.3, -0.25) is 0 Å². The summed E-state index contributed by atoms with van der Waals surface area (Å²) in [7, 11) is 0. The predicted molar refractivity (Wildman–Crippen MR) is 251 cm³/mol. The molecule has 0 saturated heterocycles. The van der Waals surface area contributed by atoms with Crippen molar-refractivity contribution >= 4 is 32.7 Å². The molecule has 62 heavy (non-hydrogen) atoms. The number of hydrogen-bond donors (Lipinski definition) is 0. The van der Waals surface area contributed by atoms with E-state index in [1.54, 1.807) is 0 Å². The molecule has 1 aliphatic carbocycles. The van der Waals surface area contributed by atoms with Crippen LogP contribution in [0.2, 0.25) is 0 Å². The zero-order valence-corrected chi connectivity index (χ0v) is 33.5. The smallest absolute Gasteiger partial charge is 0.132 e. The summed E-state index contributed by atoms with van der Waals surface area (Å²) in [5.41, 5.74) is 17.3. The molecule has 0 fully saturated rings. The Kier molecular flexibility index (Phi) is 7.49. The summed E-state index contributed by atoms with van der Waals surface area (Å²) in [5.74, 6) is 1.71. The van der Waals surface area contributed by atoms with Crippen LogP contribution >= 0.6 is 0 Å². The van der Waals surface area contributed by atoms with Crippen molar-refractivity contribution < 1.29 is 4.74 Å². The molecule has 4 nitrogen and oxygen atoms in total. The van der Waals surface area contributed by atoms with Gasteiger partial charge < -0.3 is 4.74 Å². The molecule has 0 radical (unpaired) electrons. The molecule has 4 heteroatoms. The van der Waals surface area contributed by atoms with E-state index >= 15 is 0 Å². The van der Waals surface area contributed by atoms with Crippen molar-refractivity contribution in [3.05, 3.63) is 235 Å². The minimum Gasteiger partial charge on any atom is -0.457 e. The molecule has 1 aliphatic heterocycles. The number of rotatable bonds is 4. The summed E-state index contributed by atoms with van der Waals surface area (Å²) in [6.07, 6.45) is 0. The Labute approximate surface area is 358 Å². The molecule has 9 aromatic carbocycles. The number of fused-ring (bicyclic) bond motifs is 13. The SMILES string of the molecule is c1ccc(-c2nc3ccc(-c4cccc(-c5nc6ccccc6c6cc7c(cc56)Oc5ccccc5C75c6ccccc6-c6ccccc65)c4)cc3nc2-c2ccccc2)cc1. The fourth-order valence-electron chi connectivity index (χ4n) is 10.2. The van der Waals surface area contributed by atoms with Gasteiger partial charge in [-0.15, -0.1) is 0 Å². The van der Waals surface area contributed by atoms with E-state index in [4.69, 9.17) is 19.7 Å². The van der Waals surface area contributed by atoms with Crippen LogP contribution in [0.1, 0.15) is 22.3 Å². The maximum absolute atomic E-state index is 6.98. The number of pyridine rings is 1. The van der Waals surface area contributed by atoms with Crippen LogP contribution in [0.25, 0.3) is 88.7 Å². The molecule has 0 bridgehead atoms. The standard InChI is InChI=1S/C58H35N3O/c1-3-16-36(17-4-1)56-57(37-18-5-2-6-19-37)61-52-33-39(30-31-51(52)60-56)38-20-15-21-40(32-38)55-45-35-54-49(34-44(45)43-24-9-13-28-50(43)59-55)58(48-27-12-14-29-53(48)62-54)46-25-10-7-22-41(46)42-23-8-11-26-47(42)58/h1-35H. The maximum atomic E-state index is 6.98. The highest BCUT2D eigenvalue weighted by atomic mass is 16.5. The minimum atomic E-state index is -0.558. The van der Waals surface area contributed by atoms with E-state index in [1.807, 2.05) is 36.4 Å². The largest absolute Gasteiger partial charge is 0.457 e. The van der Waals surface area contributed by atoms with Crippen molar-refractivity contribution in [2.24, 2.45) is 0 Å². The first-order valence-corrected chi connectivity index (χ1v) is 21.1. The summed E-state index contributed by atoms with van der Waals surface area (Å²) in [5, 5.41) is 3.29. The van der Waals surface area contributed by atoms with Gasteiger partial charge in [0.2, 0.25) is 0 Å². The molecule has 0 saturated carbocycles. The third-order valence-corrected chi connectivity index (χ3v) is 12.9. The van der Waals surface area contributed by atoms with Crippen molar-refractivity contribution in [2.75, 3.05) is 0 Å². The van der Waals surface area contributed by atoms with E-state index in [2.05, 4.69) is 176 Å². The lowest BCUT2D eigenvalue weighted by atomic mass is 9.65. The molecule has 0 atom stereocenters. The third-order valence-electron chi connectivity index (χ3n) is 12.9. The van der Waals surface area contributed by atoms with E-state index in [0.29, 0.717) is 0 Å². The third kappa shape index (κ3) is 5.04. The highest BCUT2D eigenvalue weighted by Gasteiger charge is 2.51. The average Bonchev–Trinajstić information content (AvgIpc) is 3.64. The van der Waals surface area contributed by atoms with Crippen LogP contribution < -0.4 is 4.74 Å². The zero-order valence-electron chi connectivity index (χ0n) is 33.5. The van der Waals surface area contributed by atoms with Crippen LogP contribution in [0.3, 0.4) is 0 Å². The van der Waals surface area contributed by atoms with Gasteiger partial charge in [0.1, 0.15) is 11.5 Å². The average molecular weight is 790 g/mol. The molecule has 13 rings (SSSR count). The molecule has 1 spiro atoms. The Morgan fingerprint density at radius 3 is 1.60 bits per heavy atom. The summed E-state index contributed by atoms with van der Waals surface area (Å²) < 4.78 is 6.98. The van der Waals surface area contributed by atoms with Gasteiger partial charge in [0.05, 0.1) is 39.0 Å². The monoisotopic (exact) mass is 789 g/mol. The molecule has 0 N–H and O–H groups in total. The van der Waals surface area contributed by atoms with Gasteiger partial charge in [0.25, 0.3) is 0 Å². The van der Waals surface area contributed by atoms with Crippen molar-refractivity contribution in [1.82, 2.24) is 15.0 Å². The number of ether oxygens (including phenoxy) is 1. The second-order valence-corrected chi connectivity index (χ2v) is 16.2. The Morgan fingerprint density at radius 1 is 0.290 bits per heavy atom. The van der Waals surface area contributed by atoms with Crippen LogP contribution in [0, 0.1) is 0 Å². The Morgan fingerprint density at radius 2 is 0.855 bits per heavy atom. The topological polar surface area (TPSA) is 47.9 Å². The molecule has 0 unspecified atom stereocenters. The van der Waals surface area contributed by atoms with E-state index in [9.17, 15) is 0 Å². The maximum Gasteiger partial charge on any atom is 0.132 e. The highest BCUT2D eigenvalue weighted by molar-refractivity contribution is 6.12. The lowest BCUT2D eigenvalue weighted by molar-refractivity contribution is 0.437. The molecule has 11 aromatic rings. The van der Waals surface area contributed by atoms with E-state index in [0.717, 1.165) is 100 Å². The quantitative estimate of drug-likeness (QED) is 0.167. The van der Waals surface area contributed by atoms with Gasteiger partial charge in [0, 0.05) is 38.6 Å². The summed E-state index contributed by atoms with van der Waals surface area (Å²) in [4.78, 5) is 15.9. The molecular formula is C58H35N3O. The van der Waals surface area contributed by atoms with Gasteiger partial charge in [-0.1, -0.05) is 170 Å². The Bertz CT molecular complexity index is 3570. The molecule has 288 valence electrons. The van der Waals surface area contributed by atoms with Gasteiger partial charge in [0.15, 0.2) is 0 Å². The minimum absolute atomic E-state index is 0.558. The normalized spacial score (nSPS) is 13.1. The van der Waals surface area contributed by atoms with Gasteiger partial charge in [-0.2, -0.15) is 0 Å². The van der Waals surface area contributed by atoms with Crippen LogP contribution in [0.5, 0.6) is 11.5 Å². The number of nitrogens with zero attached hydrogens (tertiary/aromatic N) is 3. The second-order valence-electron chi connectivity index (χ2n) is 16.2. The number of hydrogen-bond acceptors (Lipinski definition) is 4. The van der Waals surface area contributed by atoms with Crippen LogP contribution in [-0.4, -0.2) is 15.0 Å². The lowest BCUT2D eigenvalue weighted by Crippen LogP contribution is -2.32. The number of para-hydroxylation sites is 2. The summed E-state index contributed by atoms with van der Waals surface area (Å²) >= 11 is 0. The van der Waals surface area contributed by atoms with E-state index in [1.165, 1.54) is 22.3 Å². The van der Waals surface area contributed by atoms with Crippen LogP contribution in [0.4, 0.5) is 0 Å². The summed E-state index contributed by atoms with van der Waals surface area (Å²) in [6, 6.07) is 75.2. The molecule has 2 aromatic heterocycles.